The second-order valence-electron chi connectivity index (χ2n) is 8.79. The van der Waals surface area contributed by atoms with Crippen molar-refractivity contribution in [3.8, 4) is 11.5 Å². The molecule has 1 aliphatic rings. The van der Waals surface area contributed by atoms with Gasteiger partial charge in [0.2, 0.25) is 0 Å². The van der Waals surface area contributed by atoms with Crippen molar-refractivity contribution in [2.45, 2.75) is 32.8 Å². The van der Waals surface area contributed by atoms with Gasteiger partial charge in [0.1, 0.15) is 22.6 Å². The van der Waals surface area contributed by atoms with Gasteiger partial charge in [-0.25, -0.2) is 4.52 Å². The van der Waals surface area contributed by atoms with Crippen molar-refractivity contribution in [1.29, 1.82) is 0 Å². The van der Waals surface area contributed by atoms with Crippen LogP contribution in [0.3, 0.4) is 0 Å². The molecule has 5 rings (SSSR count). The lowest BCUT2D eigenvalue weighted by atomic mass is 10.1. The topological polar surface area (TPSA) is 123 Å². The summed E-state index contributed by atoms with van der Waals surface area (Å²) in [5.74, 6) is 0.786. The highest BCUT2D eigenvalue weighted by molar-refractivity contribution is 6.06. The molecule has 0 spiro atoms. The molecule has 1 fully saturated rings. The van der Waals surface area contributed by atoms with E-state index < -0.39 is 11.5 Å². The monoisotopic (exact) mass is 448 g/mol. The molecule has 9 nitrogen and oxygen atoms in total. The zero-order chi connectivity index (χ0) is 23.5. The summed E-state index contributed by atoms with van der Waals surface area (Å²) < 4.78 is 13.4. The molecule has 1 atom stereocenters. The number of likely N-dealkylation sites (tertiary alicyclic amines) is 1. The Hall–Kier alpha value is -3.85. The molecule has 170 valence electrons. The number of amides is 2. The van der Waals surface area contributed by atoms with E-state index in [1.54, 1.807) is 59.9 Å². The lowest BCUT2D eigenvalue weighted by Crippen LogP contribution is -2.34. The maximum atomic E-state index is 13.1. The summed E-state index contributed by atoms with van der Waals surface area (Å²) in [6.07, 6.45) is 3.83. The van der Waals surface area contributed by atoms with Crippen molar-refractivity contribution in [2.75, 3.05) is 13.1 Å². The zero-order valence-corrected chi connectivity index (χ0v) is 18.6. The van der Waals surface area contributed by atoms with Crippen LogP contribution in [0.15, 0.2) is 41.1 Å². The van der Waals surface area contributed by atoms with Crippen molar-refractivity contribution in [3.05, 3.63) is 59.1 Å². The van der Waals surface area contributed by atoms with E-state index in [1.165, 1.54) is 0 Å². The van der Waals surface area contributed by atoms with Gasteiger partial charge in [0, 0.05) is 36.8 Å². The molecular formula is C24H24N4O5. The summed E-state index contributed by atoms with van der Waals surface area (Å²) in [5, 5.41) is 15.2. The molecule has 0 radical (unpaired) electrons. The van der Waals surface area contributed by atoms with Gasteiger partial charge < -0.3 is 24.9 Å². The lowest BCUT2D eigenvalue weighted by Gasteiger charge is -2.18. The van der Waals surface area contributed by atoms with Crippen molar-refractivity contribution >= 4 is 28.3 Å². The van der Waals surface area contributed by atoms with Gasteiger partial charge >= 0.3 is 0 Å². The number of ether oxygens (including phenoxy) is 1. The van der Waals surface area contributed by atoms with E-state index in [1.807, 2.05) is 6.92 Å². The van der Waals surface area contributed by atoms with Gasteiger partial charge in [0.15, 0.2) is 5.75 Å². The first kappa shape index (κ1) is 21.0. The quantitative estimate of drug-likeness (QED) is 0.494. The maximum absolute atomic E-state index is 13.1. The standard InChI is InChI=1S/C24H24N4O5/c1-13-17(23(30)27-9-7-24(3,31)12-27)11-28-21(13)18(6-8-26-28)33-15-4-5-16-19(10-15)32-14(2)20(16)22(25)29/h4-6,8,10-11,31H,7,9,12H2,1-3H3,(H2,25,29). The number of aromatic nitrogens is 2. The number of aliphatic hydroxyl groups is 1. The summed E-state index contributed by atoms with van der Waals surface area (Å²) in [5.41, 5.74) is 7.37. The molecule has 33 heavy (non-hydrogen) atoms. The number of benzene rings is 1. The molecule has 0 aliphatic carbocycles. The Morgan fingerprint density at radius 2 is 2.06 bits per heavy atom. The van der Waals surface area contributed by atoms with E-state index >= 15 is 0 Å². The van der Waals surface area contributed by atoms with Crippen LogP contribution < -0.4 is 10.5 Å². The summed E-state index contributed by atoms with van der Waals surface area (Å²) in [7, 11) is 0. The Labute approximate surface area is 189 Å². The van der Waals surface area contributed by atoms with E-state index in [0.717, 1.165) is 5.56 Å². The van der Waals surface area contributed by atoms with Gasteiger partial charge in [-0.1, -0.05) is 0 Å². The van der Waals surface area contributed by atoms with E-state index in [9.17, 15) is 14.7 Å². The molecule has 1 saturated heterocycles. The summed E-state index contributed by atoms with van der Waals surface area (Å²) in [6, 6.07) is 6.89. The molecule has 3 N–H and O–H groups in total. The Kier molecular flexibility index (Phi) is 4.68. The largest absolute Gasteiger partial charge is 0.460 e. The van der Waals surface area contributed by atoms with Crippen LogP contribution >= 0.6 is 0 Å². The Morgan fingerprint density at radius 3 is 2.76 bits per heavy atom. The van der Waals surface area contributed by atoms with Gasteiger partial charge in [-0.3, -0.25) is 9.59 Å². The zero-order valence-electron chi connectivity index (χ0n) is 18.6. The van der Waals surface area contributed by atoms with Gasteiger partial charge in [0.25, 0.3) is 11.8 Å². The van der Waals surface area contributed by atoms with Gasteiger partial charge in [0.05, 0.1) is 22.9 Å². The second-order valence-corrected chi connectivity index (χ2v) is 8.79. The first-order valence-electron chi connectivity index (χ1n) is 10.6. The number of rotatable bonds is 4. The van der Waals surface area contributed by atoms with Crippen LogP contribution in [0.4, 0.5) is 0 Å². The number of hydrogen-bond acceptors (Lipinski definition) is 6. The van der Waals surface area contributed by atoms with Crippen LogP contribution in [0.1, 0.15) is 45.4 Å². The van der Waals surface area contributed by atoms with Crippen LogP contribution in [0, 0.1) is 13.8 Å². The molecule has 4 heterocycles. The third-order valence-electron chi connectivity index (χ3n) is 6.17. The normalized spacial score (nSPS) is 18.4. The van der Waals surface area contributed by atoms with Gasteiger partial charge in [-0.05, 0) is 44.9 Å². The highest BCUT2D eigenvalue weighted by Gasteiger charge is 2.35. The predicted molar refractivity (Wildman–Crippen MR) is 121 cm³/mol. The summed E-state index contributed by atoms with van der Waals surface area (Å²) in [4.78, 5) is 26.5. The number of carbonyl (C=O) groups excluding carboxylic acids is 2. The highest BCUT2D eigenvalue weighted by atomic mass is 16.5. The number of fused-ring (bicyclic) bond motifs is 2. The predicted octanol–water partition coefficient (Wildman–Crippen LogP) is 3.19. The number of furan rings is 1. The number of carbonyl (C=O) groups is 2. The molecule has 2 amide bonds. The highest BCUT2D eigenvalue weighted by Crippen LogP contribution is 2.34. The van der Waals surface area contributed by atoms with Crippen LogP contribution in [0.5, 0.6) is 11.5 Å². The average molecular weight is 448 g/mol. The molecule has 0 saturated carbocycles. The fourth-order valence-corrected chi connectivity index (χ4v) is 4.51. The number of hydrogen-bond donors (Lipinski definition) is 2. The summed E-state index contributed by atoms with van der Waals surface area (Å²) in [6.45, 7) is 6.08. The van der Waals surface area contributed by atoms with Crippen LogP contribution in [-0.4, -0.2) is 50.1 Å². The van der Waals surface area contributed by atoms with Crippen molar-refractivity contribution in [3.63, 3.8) is 0 Å². The number of primary amides is 1. The first-order chi connectivity index (χ1) is 15.6. The third kappa shape index (κ3) is 3.50. The van der Waals surface area contributed by atoms with Crippen molar-refractivity contribution < 1.29 is 23.8 Å². The molecule has 3 aromatic heterocycles. The van der Waals surface area contributed by atoms with E-state index in [2.05, 4.69) is 5.10 Å². The second kappa shape index (κ2) is 7.35. The minimum Gasteiger partial charge on any atom is -0.460 e. The molecule has 1 aliphatic heterocycles. The minimum atomic E-state index is -0.869. The van der Waals surface area contributed by atoms with Crippen LogP contribution in [0.25, 0.3) is 16.5 Å². The van der Waals surface area contributed by atoms with Gasteiger partial charge in [-0.2, -0.15) is 5.10 Å². The molecule has 0 bridgehead atoms. The van der Waals surface area contributed by atoms with Crippen molar-refractivity contribution in [2.24, 2.45) is 5.73 Å². The lowest BCUT2D eigenvalue weighted by molar-refractivity contribution is 0.0572. The number of nitrogens with zero attached hydrogens (tertiary/aromatic N) is 3. The molecular weight excluding hydrogens is 424 g/mol. The van der Waals surface area contributed by atoms with Crippen LogP contribution in [0.2, 0.25) is 0 Å². The molecule has 4 aromatic rings. The number of nitrogens with two attached hydrogens (primary N) is 1. The molecule has 9 heteroatoms. The Morgan fingerprint density at radius 1 is 1.27 bits per heavy atom. The molecule has 1 aromatic carbocycles. The first-order valence-corrected chi connectivity index (χ1v) is 10.6. The minimum absolute atomic E-state index is 0.145. The van der Waals surface area contributed by atoms with Gasteiger partial charge in [-0.15, -0.1) is 0 Å². The Balaban J connectivity index is 1.51. The van der Waals surface area contributed by atoms with E-state index in [4.69, 9.17) is 14.9 Å². The fraction of sp³-hybridized carbons (Fsp3) is 0.292. The third-order valence-corrected chi connectivity index (χ3v) is 6.17. The van der Waals surface area contributed by atoms with Crippen molar-refractivity contribution in [1.82, 2.24) is 14.5 Å². The SMILES string of the molecule is Cc1oc2cc(Oc3ccnn4cc(C(=O)N5CCC(C)(O)C5)c(C)c34)ccc2c1C(N)=O. The Bertz CT molecular complexity index is 1430. The average Bonchev–Trinajstić information content (AvgIpc) is 3.39. The molecule has 1 unspecified atom stereocenters. The fourth-order valence-electron chi connectivity index (χ4n) is 4.51. The number of β-amino-alcohol motifs (C(OH)–C–C–N with tert-alkyl or cyclic N) is 1. The maximum Gasteiger partial charge on any atom is 0.255 e. The summed E-state index contributed by atoms with van der Waals surface area (Å²) >= 11 is 0. The van der Waals surface area contributed by atoms with Crippen LogP contribution in [-0.2, 0) is 0 Å². The number of aryl methyl sites for hydroxylation is 2. The van der Waals surface area contributed by atoms with E-state index in [0.29, 0.717) is 64.4 Å². The van der Waals surface area contributed by atoms with E-state index in [-0.39, 0.29) is 5.91 Å². The smallest absolute Gasteiger partial charge is 0.255 e.